The molecule has 2 rings (SSSR count). The molecular formula is C13H19NO2S. The van der Waals surface area contributed by atoms with Gasteiger partial charge in [-0.05, 0) is 37.6 Å². The predicted octanol–water partition coefficient (Wildman–Crippen LogP) is 2.05. The summed E-state index contributed by atoms with van der Waals surface area (Å²) in [5.41, 5.74) is -0.698. The van der Waals surface area contributed by atoms with E-state index in [1.807, 2.05) is 18.4 Å². The second-order valence-corrected chi connectivity index (χ2v) is 6.03. The molecule has 4 heteroatoms. The van der Waals surface area contributed by atoms with Crippen molar-refractivity contribution in [3.8, 4) is 0 Å². The summed E-state index contributed by atoms with van der Waals surface area (Å²) in [6.07, 6.45) is 3.06. The zero-order chi connectivity index (χ0) is 12.3. The van der Waals surface area contributed by atoms with Gasteiger partial charge in [0.05, 0.1) is 5.60 Å². The lowest BCUT2D eigenvalue weighted by Crippen LogP contribution is -2.48. The molecule has 3 nitrogen and oxygen atoms in total. The van der Waals surface area contributed by atoms with Crippen LogP contribution in [0.2, 0.25) is 0 Å². The van der Waals surface area contributed by atoms with E-state index in [2.05, 4.69) is 6.07 Å². The number of aliphatic hydroxyl groups is 1. The van der Waals surface area contributed by atoms with Crippen molar-refractivity contribution >= 4 is 17.2 Å². The molecule has 1 unspecified atom stereocenters. The second kappa shape index (κ2) is 5.19. The third-order valence-corrected chi connectivity index (χ3v) is 4.13. The van der Waals surface area contributed by atoms with Crippen LogP contribution in [0.4, 0.5) is 0 Å². The Labute approximate surface area is 106 Å². The molecule has 0 radical (unpaired) electrons. The molecule has 1 aliphatic rings. The van der Waals surface area contributed by atoms with Crippen LogP contribution in [0.5, 0.6) is 0 Å². The highest BCUT2D eigenvalue weighted by Crippen LogP contribution is 2.21. The van der Waals surface area contributed by atoms with Crippen LogP contribution in [-0.2, 0) is 11.2 Å². The van der Waals surface area contributed by atoms with Crippen LogP contribution in [0, 0.1) is 0 Å². The number of likely N-dealkylation sites (tertiary alicyclic amines) is 1. The number of β-amino-alcohol motifs (C(OH)–C–C–N with tert-alkyl or cyclic N) is 1. The zero-order valence-corrected chi connectivity index (χ0v) is 11.0. The van der Waals surface area contributed by atoms with Crippen molar-refractivity contribution in [1.29, 1.82) is 0 Å². The Balaban J connectivity index is 1.83. The van der Waals surface area contributed by atoms with Crippen LogP contribution < -0.4 is 0 Å². The number of hydrogen-bond acceptors (Lipinski definition) is 3. The average molecular weight is 253 g/mol. The molecule has 0 aliphatic carbocycles. The molecule has 1 N–H and O–H groups in total. The molecule has 1 aliphatic heterocycles. The number of hydrogen-bond donors (Lipinski definition) is 1. The molecule has 1 saturated heterocycles. The normalized spacial score (nSPS) is 24.9. The largest absolute Gasteiger partial charge is 0.388 e. The van der Waals surface area contributed by atoms with E-state index in [1.54, 1.807) is 16.2 Å². The summed E-state index contributed by atoms with van der Waals surface area (Å²) in [6, 6.07) is 4.07. The highest BCUT2D eigenvalue weighted by Gasteiger charge is 2.30. The predicted molar refractivity (Wildman–Crippen MR) is 69.1 cm³/mol. The van der Waals surface area contributed by atoms with Crippen molar-refractivity contribution < 1.29 is 9.90 Å². The van der Waals surface area contributed by atoms with E-state index in [0.29, 0.717) is 13.0 Å². The summed E-state index contributed by atoms with van der Waals surface area (Å²) < 4.78 is 0. The lowest BCUT2D eigenvalue weighted by Gasteiger charge is -2.36. The maximum absolute atomic E-state index is 12.0. The Bertz CT molecular complexity index is 373. The van der Waals surface area contributed by atoms with Gasteiger partial charge >= 0.3 is 0 Å². The van der Waals surface area contributed by atoms with E-state index in [9.17, 15) is 9.90 Å². The van der Waals surface area contributed by atoms with Gasteiger partial charge in [-0.25, -0.2) is 0 Å². The molecule has 94 valence electrons. The Morgan fingerprint density at radius 1 is 1.65 bits per heavy atom. The van der Waals surface area contributed by atoms with Crippen LogP contribution >= 0.6 is 11.3 Å². The fourth-order valence-electron chi connectivity index (χ4n) is 2.28. The number of carbonyl (C=O) groups is 1. The summed E-state index contributed by atoms with van der Waals surface area (Å²) in [7, 11) is 0. The van der Waals surface area contributed by atoms with E-state index < -0.39 is 5.60 Å². The second-order valence-electron chi connectivity index (χ2n) is 5.00. The quantitative estimate of drug-likeness (QED) is 0.895. The Hall–Kier alpha value is -0.870. The van der Waals surface area contributed by atoms with Crippen molar-refractivity contribution in [1.82, 2.24) is 4.90 Å². The average Bonchev–Trinajstić information content (AvgIpc) is 2.77. The molecular weight excluding hydrogens is 234 g/mol. The summed E-state index contributed by atoms with van der Waals surface area (Å²) in [5, 5.41) is 12.0. The number of rotatable bonds is 3. The van der Waals surface area contributed by atoms with E-state index in [-0.39, 0.29) is 5.91 Å². The van der Waals surface area contributed by atoms with Gasteiger partial charge in [-0.15, -0.1) is 11.3 Å². The summed E-state index contributed by atoms with van der Waals surface area (Å²) in [4.78, 5) is 15.1. The van der Waals surface area contributed by atoms with Gasteiger partial charge in [0.15, 0.2) is 0 Å². The number of thiophene rings is 1. The van der Waals surface area contributed by atoms with Gasteiger partial charge in [0, 0.05) is 24.4 Å². The first kappa shape index (κ1) is 12.6. The van der Waals surface area contributed by atoms with Crippen LogP contribution in [0.25, 0.3) is 0 Å². The van der Waals surface area contributed by atoms with Gasteiger partial charge in [-0.2, -0.15) is 0 Å². The number of nitrogens with zero attached hydrogens (tertiary/aromatic N) is 1. The van der Waals surface area contributed by atoms with Crippen molar-refractivity contribution in [3.05, 3.63) is 22.4 Å². The first-order valence-electron chi connectivity index (χ1n) is 6.09. The van der Waals surface area contributed by atoms with Crippen molar-refractivity contribution in [2.45, 2.75) is 38.2 Å². The molecule has 2 heterocycles. The fourth-order valence-corrected chi connectivity index (χ4v) is 2.98. The lowest BCUT2D eigenvalue weighted by atomic mass is 9.95. The van der Waals surface area contributed by atoms with Gasteiger partial charge in [-0.1, -0.05) is 6.07 Å². The smallest absolute Gasteiger partial charge is 0.223 e. The summed E-state index contributed by atoms with van der Waals surface area (Å²) in [5.74, 6) is 0.165. The van der Waals surface area contributed by atoms with Crippen molar-refractivity contribution in [2.24, 2.45) is 0 Å². The minimum Gasteiger partial charge on any atom is -0.388 e. The van der Waals surface area contributed by atoms with E-state index >= 15 is 0 Å². The van der Waals surface area contributed by atoms with Crippen molar-refractivity contribution in [3.63, 3.8) is 0 Å². The topological polar surface area (TPSA) is 40.5 Å². The molecule has 1 aromatic heterocycles. The first-order valence-corrected chi connectivity index (χ1v) is 6.97. The van der Waals surface area contributed by atoms with E-state index in [4.69, 9.17) is 0 Å². The first-order chi connectivity index (χ1) is 8.07. The molecule has 0 aromatic carbocycles. The van der Waals surface area contributed by atoms with Gasteiger partial charge in [0.1, 0.15) is 0 Å². The highest BCUT2D eigenvalue weighted by molar-refractivity contribution is 7.09. The molecule has 17 heavy (non-hydrogen) atoms. The SMILES string of the molecule is CC1(O)CCCN(C(=O)CCc2cccs2)C1. The van der Waals surface area contributed by atoms with Gasteiger partial charge in [-0.3, -0.25) is 4.79 Å². The van der Waals surface area contributed by atoms with Gasteiger partial charge in [0.2, 0.25) is 5.91 Å². The number of aryl methyl sites for hydroxylation is 1. The lowest BCUT2D eigenvalue weighted by molar-refractivity contribution is -0.137. The number of amides is 1. The zero-order valence-electron chi connectivity index (χ0n) is 10.2. The molecule has 0 saturated carbocycles. The third kappa shape index (κ3) is 3.54. The minimum atomic E-state index is -0.698. The Kier molecular flexibility index (Phi) is 3.84. The fraction of sp³-hybridized carbons (Fsp3) is 0.615. The van der Waals surface area contributed by atoms with Crippen LogP contribution in [-0.4, -0.2) is 34.6 Å². The summed E-state index contributed by atoms with van der Waals surface area (Å²) >= 11 is 1.69. The summed E-state index contributed by atoms with van der Waals surface area (Å²) in [6.45, 7) is 3.08. The van der Waals surface area contributed by atoms with E-state index in [0.717, 1.165) is 25.8 Å². The molecule has 1 amide bonds. The molecule has 1 aromatic rings. The molecule has 1 atom stereocenters. The Morgan fingerprint density at radius 2 is 2.47 bits per heavy atom. The Morgan fingerprint density at radius 3 is 3.12 bits per heavy atom. The molecule has 0 spiro atoms. The maximum atomic E-state index is 12.0. The standard InChI is InChI=1S/C13H19NO2S/c1-13(16)7-3-8-14(10-13)12(15)6-5-11-4-2-9-17-11/h2,4,9,16H,3,5-8,10H2,1H3. The van der Waals surface area contributed by atoms with Crippen LogP contribution in [0.1, 0.15) is 31.1 Å². The maximum Gasteiger partial charge on any atom is 0.223 e. The van der Waals surface area contributed by atoms with Crippen LogP contribution in [0.15, 0.2) is 17.5 Å². The van der Waals surface area contributed by atoms with Gasteiger partial charge in [0.25, 0.3) is 0 Å². The molecule has 1 fully saturated rings. The monoisotopic (exact) mass is 253 g/mol. The van der Waals surface area contributed by atoms with Crippen molar-refractivity contribution in [2.75, 3.05) is 13.1 Å². The van der Waals surface area contributed by atoms with E-state index in [1.165, 1.54) is 4.88 Å². The minimum absolute atomic E-state index is 0.165. The van der Waals surface area contributed by atoms with Gasteiger partial charge < -0.3 is 10.0 Å². The number of carbonyl (C=O) groups excluding carboxylic acids is 1. The highest BCUT2D eigenvalue weighted by atomic mass is 32.1. The number of piperidine rings is 1. The third-order valence-electron chi connectivity index (χ3n) is 3.19. The van der Waals surface area contributed by atoms with Crippen LogP contribution in [0.3, 0.4) is 0 Å². The molecule has 0 bridgehead atoms.